The monoisotopic (exact) mass is 316 g/mol. The van der Waals surface area contributed by atoms with Gasteiger partial charge >= 0.3 is 0 Å². The second kappa shape index (κ2) is 4.70. The van der Waals surface area contributed by atoms with Gasteiger partial charge in [-0.3, -0.25) is 0 Å². The highest BCUT2D eigenvalue weighted by atomic mass is 79.9. The van der Waals surface area contributed by atoms with Gasteiger partial charge in [-0.05, 0) is 34.5 Å². The molecule has 0 bridgehead atoms. The lowest BCUT2D eigenvalue weighted by molar-refractivity contribution is 0.396. The summed E-state index contributed by atoms with van der Waals surface area (Å²) in [5.41, 5.74) is 4.53. The van der Waals surface area contributed by atoms with Crippen LogP contribution in [0.25, 0.3) is 22.2 Å². The van der Waals surface area contributed by atoms with Gasteiger partial charge in [-0.2, -0.15) is 0 Å². The van der Waals surface area contributed by atoms with Crippen molar-refractivity contribution in [2.24, 2.45) is 0 Å². The number of nitrogens with one attached hydrogen (secondary N) is 1. The van der Waals surface area contributed by atoms with Gasteiger partial charge in [-0.1, -0.05) is 24.3 Å². The summed E-state index contributed by atoms with van der Waals surface area (Å²) in [7, 11) is 1.62. The molecule has 0 atom stereocenters. The van der Waals surface area contributed by atoms with Gasteiger partial charge in [0, 0.05) is 22.8 Å². The third-order valence-corrected chi connectivity index (χ3v) is 3.94. The number of H-pyrrole nitrogens is 1. The van der Waals surface area contributed by atoms with Gasteiger partial charge in [0.2, 0.25) is 5.88 Å². The van der Waals surface area contributed by atoms with Crippen molar-refractivity contribution in [1.82, 2.24) is 9.97 Å². The molecule has 3 rings (SSSR count). The van der Waals surface area contributed by atoms with E-state index in [1.807, 2.05) is 18.3 Å². The highest BCUT2D eigenvalue weighted by molar-refractivity contribution is 9.10. The number of aromatic amines is 1. The third-order valence-electron chi connectivity index (χ3n) is 3.20. The molecule has 3 aromatic rings. The number of ether oxygens (including phenoxy) is 1. The molecule has 0 spiro atoms. The van der Waals surface area contributed by atoms with Crippen molar-refractivity contribution < 1.29 is 4.74 Å². The first-order chi connectivity index (χ1) is 9.20. The number of hydrogen-bond acceptors (Lipinski definition) is 2. The first-order valence-corrected chi connectivity index (χ1v) is 6.77. The number of pyridine rings is 1. The van der Waals surface area contributed by atoms with Crippen LogP contribution in [0.2, 0.25) is 0 Å². The molecular formula is C15H13BrN2O. The average molecular weight is 317 g/mol. The standard InChI is InChI=1S/C15H13BrN2O/c1-9-5-3-4-6-11(9)12-7-10-8-17-15(19-2)13(16)14(10)18-12/h3-8,18H,1-2H3. The largest absolute Gasteiger partial charge is 0.480 e. The Morgan fingerprint density at radius 2 is 2.05 bits per heavy atom. The van der Waals surface area contributed by atoms with E-state index in [2.05, 4.69) is 51.0 Å². The van der Waals surface area contributed by atoms with Crippen LogP contribution in [0.1, 0.15) is 5.56 Å². The minimum absolute atomic E-state index is 0.589. The molecule has 4 heteroatoms. The van der Waals surface area contributed by atoms with E-state index in [0.717, 1.165) is 21.1 Å². The lowest BCUT2D eigenvalue weighted by Gasteiger charge is -2.02. The van der Waals surface area contributed by atoms with E-state index in [9.17, 15) is 0 Å². The number of methoxy groups -OCH3 is 1. The molecule has 2 heterocycles. The normalized spacial score (nSPS) is 10.9. The number of nitrogens with zero attached hydrogens (tertiary/aromatic N) is 1. The summed E-state index contributed by atoms with van der Waals surface area (Å²) in [5, 5.41) is 1.06. The molecule has 0 aliphatic carbocycles. The summed E-state index contributed by atoms with van der Waals surface area (Å²) in [6.45, 7) is 2.11. The van der Waals surface area contributed by atoms with Crippen molar-refractivity contribution in [3.8, 4) is 17.1 Å². The van der Waals surface area contributed by atoms with E-state index in [1.165, 1.54) is 11.1 Å². The fraction of sp³-hybridized carbons (Fsp3) is 0.133. The molecule has 2 aromatic heterocycles. The molecule has 1 aromatic carbocycles. The number of aromatic nitrogens is 2. The van der Waals surface area contributed by atoms with Crippen molar-refractivity contribution in [3.05, 3.63) is 46.6 Å². The summed E-state index contributed by atoms with van der Waals surface area (Å²) in [6.07, 6.45) is 1.82. The van der Waals surface area contributed by atoms with Crippen LogP contribution < -0.4 is 4.74 Å². The minimum Gasteiger partial charge on any atom is -0.480 e. The summed E-state index contributed by atoms with van der Waals surface area (Å²) < 4.78 is 6.07. The SMILES string of the molecule is COc1ncc2cc(-c3ccccc3C)[nH]c2c1Br. The maximum absolute atomic E-state index is 5.21. The van der Waals surface area contributed by atoms with Crippen LogP contribution in [-0.2, 0) is 0 Å². The number of aryl methyl sites for hydroxylation is 1. The van der Waals surface area contributed by atoms with Crippen molar-refractivity contribution >= 4 is 26.8 Å². The van der Waals surface area contributed by atoms with Crippen molar-refractivity contribution in [2.75, 3.05) is 7.11 Å². The molecule has 0 aliphatic heterocycles. The average Bonchev–Trinajstić information content (AvgIpc) is 2.84. The van der Waals surface area contributed by atoms with Gasteiger partial charge in [0.15, 0.2) is 0 Å². The highest BCUT2D eigenvalue weighted by Gasteiger charge is 2.11. The fourth-order valence-electron chi connectivity index (χ4n) is 2.21. The van der Waals surface area contributed by atoms with Crippen LogP contribution in [0.3, 0.4) is 0 Å². The molecule has 1 N–H and O–H groups in total. The molecule has 0 unspecified atom stereocenters. The zero-order valence-corrected chi connectivity index (χ0v) is 12.3. The lowest BCUT2D eigenvalue weighted by atomic mass is 10.1. The van der Waals surface area contributed by atoms with Crippen LogP contribution in [0.5, 0.6) is 5.88 Å². The quantitative estimate of drug-likeness (QED) is 0.765. The van der Waals surface area contributed by atoms with Crippen LogP contribution >= 0.6 is 15.9 Å². The van der Waals surface area contributed by atoms with Crippen LogP contribution in [0, 0.1) is 6.92 Å². The Kier molecular flexibility index (Phi) is 3.03. The summed E-state index contributed by atoms with van der Waals surface area (Å²) in [5.74, 6) is 0.589. The second-order valence-corrected chi connectivity index (χ2v) is 5.20. The number of halogens is 1. The molecule has 96 valence electrons. The Morgan fingerprint density at radius 3 is 2.79 bits per heavy atom. The molecule has 0 saturated carbocycles. The molecule has 19 heavy (non-hydrogen) atoms. The topological polar surface area (TPSA) is 37.9 Å². The number of hydrogen-bond donors (Lipinski definition) is 1. The van der Waals surface area contributed by atoms with E-state index in [-0.39, 0.29) is 0 Å². The molecule has 3 nitrogen and oxygen atoms in total. The van der Waals surface area contributed by atoms with Crippen molar-refractivity contribution in [2.45, 2.75) is 6.92 Å². The minimum atomic E-state index is 0.589. The smallest absolute Gasteiger partial charge is 0.229 e. The first kappa shape index (κ1) is 12.2. The lowest BCUT2D eigenvalue weighted by Crippen LogP contribution is -1.88. The van der Waals surface area contributed by atoms with Crippen molar-refractivity contribution in [1.29, 1.82) is 0 Å². The Morgan fingerprint density at radius 1 is 1.26 bits per heavy atom. The maximum atomic E-state index is 5.21. The van der Waals surface area contributed by atoms with Gasteiger partial charge in [0.25, 0.3) is 0 Å². The van der Waals surface area contributed by atoms with E-state index < -0.39 is 0 Å². The molecule has 0 radical (unpaired) electrons. The maximum Gasteiger partial charge on any atom is 0.229 e. The Hall–Kier alpha value is -1.81. The van der Waals surface area contributed by atoms with Gasteiger partial charge in [0.1, 0.15) is 4.47 Å². The summed E-state index contributed by atoms with van der Waals surface area (Å²) in [4.78, 5) is 7.69. The van der Waals surface area contributed by atoms with E-state index >= 15 is 0 Å². The summed E-state index contributed by atoms with van der Waals surface area (Å²) in [6, 6.07) is 10.4. The molecule has 0 aliphatic rings. The van der Waals surface area contributed by atoms with Gasteiger partial charge in [-0.25, -0.2) is 4.98 Å². The van der Waals surface area contributed by atoms with E-state index in [1.54, 1.807) is 7.11 Å². The van der Waals surface area contributed by atoms with Gasteiger partial charge in [0.05, 0.1) is 12.6 Å². The zero-order valence-electron chi connectivity index (χ0n) is 10.7. The molecule has 0 saturated heterocycles. The predicted molar refractivity (Wildman–Crippen MR) is 80.5 cm³/mol. The summed E-state index contributed by atoms with van der Waals surface area (Å²) >= 11 is 3.53. The van der Waals surface area contributed by atoms with E-state index in [4.69, 9.17) is 4.74 Å². The predicted octanol–water partition coefficient (Wildman–Crippen LogP) is 4.31. The Balaban J connectivity index is 2.23. The Bertz CT molecular complexity index is 749. The number of fused-ring (bicyclic) bond motifs is 1. The highest BCUT2D eigenvalue weighted by Crippen LogP contribution is 2.33. The van der Waals surface area contributed by atoms with Crippen molar-refractivity contribution in [3.63, 3.8) is 0 Å². The molecular weight excluding hydrogens is 304 g/mol. The van der Waals surface area contributed by atoms with Gasteiger partial charge < -0.3 is 9.72 Å². The fourth-order valence-corrected chi connectivity index (χ4v) is 2.80. The number of benzene rings is 1. The second-order valence-electron chi connectivity index (χ2n) is 4.41. The van der Waals surface area contributed by atoms with Crippen LogP contribution in [0.15, 0.2) is 41.0 Å². The van der Waals surface area contributed by atoms with E-state index in [0.29, 0.717) is 5.88 Å². The van der Waals surface area contributed by atoms with Gasteiger partial charge in [-0.15, -0.1) is 0 Å². The third kappa shape index (κ3) is 2.02. The number of rotatable bonds is 2. The van der Waals surface area contributed by atoms with Crippen LogP contribution in [0.4, 0.5) is 0 Å². The van der Waals surface area contributed by atoms with Crippen LogP contribution in [-0.4, -0.2) is 17.1 Å². The Labute approximate surface area is 119 Å². The molecule has 0 fully saturated rings. The zero-order chi connectivity index (χ0) is 13.4. The molecule has 0 amide bonds. The first-order valence-electron chi connectivity index (χ1n) is 5.98.